The Morgan fingerprint density at radius 2 is 1.50 bits per heavy atom. The van der Waals surface area contributed by atoms with Crippen molar-refractivity contribution in [3.8, 4) is 5.88 Å². The van der Waals surface area contributed by atoms with Crippen LogP contribution in [0.3, 0.4) is 0 Å². The summed E-state index contributed by atoms with van der Waals surface area (Å²) in [6.07, 6.45) is 1.36. The van der Waals surface area contributed by atoms with Gasteiger partial charge in [-0.1, -0.05) is 42.5 Å². The number of hydrogen-bond donors (Lipinski definition) is 2. The molecule has 3 rings (SSSR count). The van der Waals surface area contributed by atoms with Gasteiger partial charge in [0.15, 0.2) is 12.4 Å². The van der Waals surface area contributed by atoms with Crippen LogP contribution < -0.4 is 10.1 Å². The maximum Gasteiger partial charge on any atom is 0.341 e. The Balaban J connectivity index is 1.63. The van der Waals surface area contributed by atoms with Crippen LogP contribution in [-0.4, -0.2) is 34.4 Å². The van der Waals surface area contributed by atoms with E-state index in [9.17, 15) is 14.4 Å². The Morgan fingerprint density at radius 1 is 0.857 bits per heavy atom. The number of carbonyl (C=O) groups excluding carboxylic acids is 2. The monoisotopic (exact) mass is 376 g/mol. The van der Waals surface area contributed by atoms with Crippen LogP contribution in [0.2, 0.25) is 0 Å². The maximum absolute atomic E-state index is 12.4. The molecule has 0 saturated heterocycles. The van der Waals surface area contributed by atoms with Gasteiger partial charge in [-0.15, -0.1) is 0 Å². The van der Waals surface area contributed by atoms with E-state index in [0.717, 1.165) is 0 Å². The van der Waals surface area contributed by atoms with Gasteiger partial charge in [-0.2, -0.15) is 0 Å². The van der Waals surface area contributed by atoms with Crippen molar-refractivity contribution in [2.45, 2.75) is 0 Å². The number of benzene rings is 2. The fourth-order valence-corrected chi connectivity index (χ4v) is 2.41. The summed E-state index contributed by atoms with van der Waals surface area (Å²) in [5.74, 6) is -1.44. The molecule has 2 N–H and O–H groups in total. The molecular formula is C21H16N2O5. The third-order valence-corrected chi connectivity index (χ3v) is 3.78. The Labute approximate surface area is 160 Å². The van der Waals surface area contributed by atoms with Crippen molar-refractivity contribution in [1.82, 2.24) is 4.98 Å². The predicted molar refractivity (Wildman–Crippen MR) is 102 cm³/mol. The van der Waals surface area contributed by atoms with Gasteiger partial charge in [0.05, 0.1) is 11.9 Å². The highest BCUT2D eigenvalue weighted by Gasteiger charge is 2.11. The summed E-state index contributed by atoms with van der Waals surface area (Å²) in [7, 11) is 0. The van der Waals surface area contributed by atoms with E-state index in [1.54, 1.807) is 54.6 Å². The third kappa shape index (κ3) is 4.79. The van der Waals surface area contributed by atoms with Gasteiger partial charge in [0, 0.05) is 22.8 Å². The number of anilines is 1. The first-order valence-electron chi connectivity index (χ1n) is 8.35. The molecule has 0 aliphatic carbocycles. The summed E-state index contributed by atoms with van der Waals surface area (Å²) in [5.41, 5.74) is 1.88. The van der Waals surface area contributed by atoms with Gasteiger partial charge in [0.1, 0.15) is 0 Å². The normalized spacial score (nSPS) is 10.1. The van der Waals surface area contributed by atoms with Crippen LogP contribution in [0.15, 0.2) is 72.9 Å². The number of aliphatic carboxylic acids is 1. The number of ether oxygens (including phenoxy) is 1. The molecule has 0 unspecified atom stereocenters. The number of carboxylic acid groups (broad SMARTS) is 1. The van der Waals surface area contributed by atoms with Crippen molar-refractivity contribution < 1.29 is 24.2 Å². The van der Waals surface area contributed by atoms with E-state index in [-0.39, 0.29) is 17.6 Å². The molecule has 1 heterocycles. The first-order valence-corrected chi connectivity index (χ1v) is 8.35. The number of nitrogens with zero attached hydrogens (tertiary/aromatic N) is 1. The first kappa shape index (κ1) is 18.8. The lowest BCUT2D eigenvalue weighted by molar-refractivity contribution is -0.139. The standard InChI is InChI=1S/C21H16N2O5/c24-19(25)13-28-18-11-10-17(12-22-18)23-21(27)16-8-6-15(7-9-16)20(26)14-4-2-1-3-5-14/h1-12H,13H2,(H,23,27)(H,24,25). The van der Waals surface area contributed by atoms with E-state index >= 15 is 0 Å². The second-order valence-corrected chi connectivity index (χ2v) is 5.79. The molecule has 0 spiro atoms. The minimum atomic E-state index is -1.10. The Hall–Kier alpha value is -4.00. The van der Waals surface area contributed by atoms with Crippen LogP contribution in [0.5, 0.6) is 5.88 Å². The molecule has 0 saturated carbocycles. The topological polar surface area (TPSA) is 106 Å². The summed E-state index contributed by atoms with van der Waals surface area (Å²) in [6, 6.07) is 18.3. The van der Waals surface area contributed by atoms with Crippen molar-refractivity contribution in [2.75, 3.05) is 11.9 Å². The zero-order chi connectivity index (χ0) is 19.9. The highest BCUT2D eigenvalue weighted by Crippen LogP contribution is 2.15. The molecule has 28 heavy (non-hydrogen) atoms. The molecule has 7 heteroatoms. The highest BCUT2D eigenvalue weighted by atomic mass is 16.5. The third-order valence-electron chi connectivity index (χ3n) is 3.78. The number of ketones is 1. The van der Waals surface area contributed by atoms with Crippen molar-refractivity contribution in [2.24, 2.45) is 0 Å². The van der Waals surface area contributed by atoms with Gasteiger partial charge >= 0.3 is 5.97 Å². The van der Waals surface area contributed by atoms with Crippen molar-refractivity contribution in [1.29, 1.82) is 0 Å². The molecular weight excluding hydrogens is 360 g/mol. The lowest BCUT2D eigenvalue weighted by Gasteiger charge is -2.07. The molecule has 3 aromatic rings. The Kier molecular flexibility index (Phi) is 5.76. The quantitative estimate of drug-likeness (QED) is 0.614. The van der Waals surface area contributed by atoms with Crippen LogP contribution in [0.1, 0.15) is 26.3 Å². The minimum Gasteiger partial charge on any atom is -0.479 e. The maximum atomic E-state index is 12.4. The molecule has 0 aliphatic rings. The number of nitrogens with one attached hydrogen (secondary N) is 1. The van der Waals surface area contributed by atoms with Crippen LogP contribution in [-0.2, 0) is 4.79 Å². The zero-order valence-electron chi connectivity index (χ0n) is 14.7. The SMILES string of the molecule is O=C(O)COc1ccc(NC(=O)c2ccc(C(=O)c3ccccc3)cc2)cn1. The fraction of sp³-hybridized carbons (Fsp3) is 0.0476. The summed E-state index contributed by atoms with van der Waals surface area (Å²) < 4.78 is 4.93. The van der Waals surface area contributed by atoms with Crippen LogP contribution >= 0.6 is 0 Å². The largest absolute Gasteiger partial charge is 0.479 e. The summed E-state index contributed by atoms with van der Waals surface area (Å²) in [6.45, 7) is -0.493. The molecule has 140 valence electrons. The number of hydrogen-bond acceptors (Lipinski definition) is 5. The molecule has 7 nitrogen and oxygen atoms in total. The number of amides is 1. The number of carboxylic acids is 1. The van der Waals surface area contributed by atoms with Gasteiger partial charge in [-0.05, 0) is 18.2 Å². The van der Waals surface area contributed by atoms with Gasteiger partial charge in [0.25, 0.3) is 5.91 Å². The molecule has 0 aliphatic heterocycles. The lowest BCUT2D eigenvalue weighted by atomic mass is 10.0. The average molecular weight is 376 g/mol. The van der Waals surface area contributed by atoms with E-state index in [2.05, 4.69) is 10.3 Å². The van der Waals surface area contributed by atoms with E-state index in [1.165, 1.54) is 12.3 Å². The molecule has 1 amide bonds. The van der Waals surface area contributed by atoms with Crippen molar-refractivity contribution >= 4 is 23.3 Å². The zero-order valence-corrected chi connectivity index (χ0v) is 14.7. The number of aromatic nitrogens is 1. The lowest BCUT2D eigenvalue weighted by Crippen LogP contribution is -2.13. The van der Waals surface area contributed by atoms with Gasteiger partial charge in [-0.3, -0.25) is 9.59 Å². The van der Waals surface area contributed by atoms with Crippen LogP contribution in [0.4, 0.5) is 5.69 Å². The van der Waals surface area contributed by atoms with E-state index < -0.39 is 12.6 Å². The molecule has 0 fully saturated rings. The van der Waals surface area contributed by atoms with E-state index in [1.807, 2.05) is 6.07 Å². The molecule has 0 bridgehead atoms. The fourth-order valence-electron chi connectivity index (χ4n) is 2.41. The number of rotatable bonds is 7. The highest BCUT2D eigenvalue weighted by molar-refractivity contribution is 6.10. The van der Waals surface area contributed by atoms with Gasteiger partial charge in [0.2, 0.25) is 5.88 Å². The first-order chi connectivity index (χ1) is 13.5. The summed E-state index contributed by atoms with van der Waals surface area (Å²) in [5, 5.41) is 11.2. The predicted octanol–water partition coefficient (Wildman–Crippen LogP) is 3.03. The molecule has 2 aromatic carbocycles. The second-order valence-electron chi connectivity index (χ2n) is 5.79. The summed E-state index contributed by atoms with van der Waals surface area (Å²) in [4.78, 5) is 39.1. The second kappa shape index (κ2) is 8.59. The minimum absolute atomic E-state index is 0.117. The Morgan fingerprint density at radius 3 is 2.11 bits per heavy atom. The van der Waals surface area contributed by atoms with Gasteiger partial charge in [-0.25, -0.2) is 9.78 Å². The smallest absolute Gasteiger partial charge is 0.341 e. The summed E-state index contributed by atoms with van der Waals surface area (Å²) >= 11 is 0. The number of pyridine rings is 1. The van der Waals surface area contributed by atoms with Crippen molar-refractivity contribution in [3.63, 3.8) is 0 Å². The number of carbonyl (C=O) groups is 3. The average Bonchev–Trinajstić information content (AvgIpc) is 2.73. The molecule has 0 radical (unpaired) electrons. The Bertz CT molecular complexity index is 984. The van der Waals surface area contributed by atoms with E-state index in [4.69, 9.17) is 9.84 Å². The van der Waals surface area contributed by atoms with Gasteiger partial charge < -0.3 is 15.2 Å². The molecule has 1 aromatic heterocycles. The van der Waals surface area contributed by atoms with E-state index in [0.29, 0.717) is 22.4 Å². The molecule has 0 atom stereocenters. The van der Waals surface area contributed by atoms with Crippen LogP contribution in [0.25, 0.3) is 0 Å². The van der Waals surface area contributed by atoms with Crippen molar-refractivity contribution in [3.05, 3.63) is 89.6 Å². The van der Waals surface area contributed by atoms with Crippen LogP contribution in [0, 0.1) is 0 Å².